The highest BCUT2D eigenvalue weighted by Crippen LogP contribution is 2.23. The second-order valence-corrected chi connectivity index (χ2v) is 7.24. The minimum atomic E-state index is -0.532. The number of likely N-dealkylation sites (tertiary alicyclic amines) is 1. The summed E-state index contributed by atoms with van der Waals surface area (Å²) in [4.78, 5) is 25.1. The summed E-state index contributed by atoms with van der Waals surface area (Å²) in [5.74, 6) is 0.0360. The highest BCUT2D eigenvalue weighted by molar-refractivity contribution is 6.33. The molecule has 3 rings (SSSR count). The fourth-order valence-corrected chi connectivity index (χ4v) is 3.53. The number of nitrogens with zero attached hydrogens (tertiary/aromatic N) is 2. The van der Waals surface area contributed by atoms with E-state index in [1.165, 1.54) is 23.8 Å². The SMILES string of the molecule is O=C(NCC1CCN(Cc2ccccc2)CC1)c1cc([N+](=O)[O-])ccc1Cl. The number of nitro benzene ring substituents is 1. The number of nitrogens with one attached hydrogen (secondary N) is 1. The maximum Gasteiger partial charge on any atom is 0.270 e. The Balaban J connectivity index is 1.48. The number of carbonyl (C=O) groups excluding carboxylic acids is 1. The van der Waals surface area contributed by atoms with Crippen molar-refractivity contribution < 1.29 is 9.72 Å². The molecule has 0 aliphatic carbocycles. The standard InChI is InChI=1S/C20H22ClN3O3/c21-19-7-6-17(24(26)27)12-18(19)20(25)22-13-15-8-10-23(11-9-15)14-16-4-2-1-3-5-16/h1-7,12,15H,8-11,13-14H2,(H,22,25). The van der Waals surface area contributed by atoms with E-state index in [0.717, 1.165) is 32.5 Å². The van der Waals surface area contributed by atoms with Crippen LogP contribution in [0.15, 0.2) is 48.5 Å². The number of carbonyl (C=O) groups is 1. The van der Waals surface area contributed by atoms with Crippen molar-refractivity contribution >= 4 is 23.2 Å². The molecule has 1 heterocycles. The van der Waals surface area contributed by atoms with Crippen molar-refractivity contribution in [2.45, 2.75) is 19.4 Å². The van der Waals surface area contributed by atoms with Crippen molar-refractivity contribution in [3.63, 3.8) is 0 Å². The van der Waals surface area contributed by atoms with E-state index in [2.05, 4.69) is 34.5 Å². The Morgan fingerprint density at radius 1 is 1.19 bits per heavy atom. The minimum absolute atomic E-state index is 0.140. The largest absolute Gasteiger partial charge is 0.352 e. The summed E-state index contributed by atoms with van der Waals surface area (Å²) in [6.45, 7) is 3.49. The molecule has 1 N–H and O–H groups in total. The van der Waals surface area contributed by atoms with E-state index in [1.54, 1.807) is 0 Å². The lowest BCUT2D eigenvalue weighted by molar-refractivity contribution is -0.384. The predicted octanol–water partition coefficient (Wildman–Crippen LogP) is 3.89. The summed E-state index contributed by atoms with van der Waals surface area (Å²) in [5.41, 5.74) is 1.32. The van der Waals surface area contributed by atoms with Gasteiger partial charge in [-0.15, -0.1) is 0 Å². The summed E-state index contributed by atoms with van der Waals surface area (Å²) < 4.78 is 0. The third-order valence-corrected chi connectivity index (χ3v) is 5.24. The molecule has 1 fully saturated rings. The molecule has 0 aromatic heterocycles. The molecule has 1 aliphatic rings. The number of rotatable bonds is 6. The monoisotopic (exact) mass is 387 g/mol. The molecule has 0 unspecified atom stereocenters. The molecule has 7 heteroatoms. The van der Waals surface area contributed by atoms with Crippen LogP contribution in [0.2, 0.25) is 5.02 Å². The van der Waals surface area contributed by atoms with Crippen molar-refractivity contribution in [3.8, 4) is 0 Å². The molecule has 2 aromatic rings. The first kappa shape index (κ1) is 19.3. The fourth-order valence-electron chi connectivity index (χ4n) is 3.32. The molecule has 0 radical (unpaired) electrons. The molecule has 2 aromatic carbocycles. The first-order chi connectivity index (χ1) is 13.0. The average Bonchev–Trinajstić information content (AvgIpc) is 2.68. The number of halogens is 1. The van der Waals surface area contributed by atoms with Gasteiger partial charge in [0, 0.05) is 25.2 Å². The van der Waals surface area contributed by atoms with E-state index >= 15 is 0 Å². The van der Waals surface area contributed by atoms with E-state index in [4.69, 9.17) is 11.6 Å². The smallest absolute Gasteiger partial charge is 0.270 e. The molecular weight excluding hydrogens is 366 g/mol. The normalized spacial score (nSPS) is 15.4. The lowest BCUT2D eigenvalue weighted by Gasteiger charge is -2.32. The number of amides is 1. The van der Waals surface area contributed by atoms with Gasteiger partial charge in [-0.2, -0.15) is 0 Å². The number of non-ortho nitro benzene ring substituents is 1. The fraction of sp³-hybridized carbons (Fsp3) is 0.350. The zero-order chi connectivity index (χ0) is 19.2. The zero-order valence-corrected chi connectivity index (χ0v) is 15.7. The first-order valence-electron chi connectivity index (χ1n) is 9.01. The van der Waals surface area contributed by atoms with Crippen LogP contribution < -0.4 is 5.32 Å². The third-order valence-electron chi connectivity index (χ3n) is 4.91. The molecule has 1 amide bonds. The van der Waals surface area contributed by atoms with Crippen LogP contribution in [0, 0.1) is 16.0 Å². The molecule has 0 bridgehead atoms. The molecule has 1 saturated heterocycles. The molecule has 27 heavy (non-hydrogen) atoms. The van der Waals surface area contributed by atoms with E-state index in [1.807, 2.05) is 6.07 Å². The second kappa shape index (κ2) is 8.97. The van der Waals surface area contributed by atoms with Crippen LogP contribution in [0.4, 0.5) is 5.69 Å². The van der Waals surface area contributed by atoms with Crippen molar-refractivity contribution in [1.29, 1.82) is 0 Å². The molecule has 1 aliphatic heterocycles. The lowest BCUT2D eigenvalue weighted by Crippen LogP contribution is -2.38. The van der Waals surface area contributed by atoms with Crippen LogP contribution >= 0.6 is 11.6 Å². The number of hydrogen-bond donors (Lipinski definition) is 1. The highest BCUT2D eigenvalue weighted by Gasteiger charge is 2.21. The van der Waals surface area contributed by atoms with Crippen LogP contribution in [0.25, 0.3) is 0 Å². The van der Waals surface area contributed by atoms with Crippen LogP contribution in [-0.2, 0) is 6.54 Å². The highest BCUT2D eigenvalue weighted by atomic mass is 35.5. The van der Waals surface area contributed by atoms with E-state index in [0.29, 0.717) is 12.5 Å². The lowest BCUT2D eigenvalue weighted by atomic mass is 9.96. The number of nitro groups is 1. The first-order valence-corrected chi connectivity index (χ1v) is 9.39. The summed E-state index contributed by atoms with van der Waals surface area (Å²) >= 11 is 6.02. The number of piperidine rings is 1. The molecule has 0 spiro atoms. The van der Waals surface area contributed by atoms with Gasteiger partial charge < -0.3 is 5.32 Å². The summed E-state index contributed by atoms with van der Waals surface area (Å²) in [5, 5.41) is 14.0. The number of hydrogen-bond acceptors (Lipinski definition) is 4. The topological polar surface area (TPSA) is 75.5 Å². The van der Waals surface area contributed by atoms with Gasteiger partial charge in [-0.1, -0.05) is 41.9 Å². The Labute approximate surface area is 163 Å². The Kier molecular flexibility index (Phi) is 6.42. The zero-order valence-electron chi connectivity index (χ0n) is 14.9. The number of benzene rings is 2. The van der Waals surface area contributed by atoms with Gasteiger partial charge in [-0.05, 0) is 43.5 Å². The summed E-state index contributed by atoms with van der Waals surface area (Å²) in [7, 11) is 0. The van der Waals surface area contributed by atoms with E-state index in [9.17, 15) is 14.9 Å². The van der Waals surface area contributed by atoms with Crippen molar-refractivity contribution in [1.82, 2.24) is 10.2 Å². The molecular formula is C20H22ClN3O3. The minimum Gasteiger partial charge on any atom is -0.352 e. The maximum atomic E-state index is 12.4. The van der Waals surface area contributed by atoms with Gasteiger partial charge in [0.1, 0.15) is 0 Å². The van der Waals surface area contributed by atoms with Gasteiger partial charge in [-0.25, -0.2) is 0 Å². The van der Waals surface area contributed by atoms with Gasteiger partial charge in [0.25, 0.3) is 11.6 Å². The maximum absolute atomic E-state index is 12.4. The van der Waals surface area contributed by atoms with E-state index in [-0.39, 0.29) is 22.2 Å². The molecule has 6 nitrogen and oxygen atoms in total. The predicted molar refractivity (Wildman–Crippen MR) is 105 cm³/mol. The van der Waals surface area contributed by atoms with Crippen molar-refractivity contribution in [2.75, 3.05) is 19.6 Å². The van der Waals surface area contributed by atoms with Gasteiger partial charge in [-0.3, -0.25) is 19.8 Å². The Hall–Kier alpha value is -2.44. The van der Waals surface area contributed by atoms with Gasteiger partial charge in [0.2, 0.25) is 0 Å². The summed E-state index contributed by atoms with van der Waals surface area (Å²) in [6.07, 6.45) is 2.02. The Bertz CT molecular complexity index is 805. The molecule has 0 atom stereocenters. The Morgan fingerprint density at radius 3 is 2.56 bits per heavy atom. The van der Waals surface area contributed by atoms with Gasteiger partial charge >= 0.3 is 0 Å². The van der Waals surface area contributed by atoms with Crippen LogP contribution in [0.3, 0.4) is 0 Å². The van der Waals surface area contributed by atoms with Crippen molar-refractivity contribution in [3.05, 3.63) is 74.8 Å². The Morgan fingerprint density at radius 2 is 1.89 bits per heavy atom. The van der Waals surface area contributed by atoms with Crippen molar-refractivity contribution in [2.24, 2.45) is 5.92 Å². The quantitative estimate of drug-likeness (QED) is 0.602. The second-order valence-electron chi connectivity index (χ2n) is 6.84. The molecule has 0 saturated carbocycles. The van der Waals surface area contributed by atoms with Crippen LogP contribution in [0.1, 0.15) is 28.8 Å². The molecule has 142 valence electrons. The van der Waals surface area contributed by atoms with Crippen LogP contribution in [0.5, 0.6) is 0 Å². The third kappa shape index (κ3) is 5.28. The van der Waals surface area contributed by atoms with Gasteiger partial charge in [0.05, 0.1) is 15.5 Å². The average molecular weight is 388 g/mol. The van der Waals surface area contributed by atoms with Crippen LogP contribution in [-0.4, -0.2) is 35.4 Å². The van der Waals surface area contributed by atoms with Gasteiger partial charge in [0.15, 0.2) is 0 Å². The van der Waals surface area contributed by atoms with E-state index < -0.39 is 4.92 Å². The summed E-state index contributed by atoms with van der Waals surface area (Å²) in [6, 6.07) is 14.3.